The van der Waals surface area contributed by atoms with Crippen molar-refractivity contribution in [2.45, 2.75) is 6.92 Å². The predicted molar refractivity (Wildman–Crippen MR) is 94.7 cm³/mol. The van der Waals surface area contributed by atoms with Gasteiger partial charge < -0.3 is 5.11 Å². The highest BCUT2D eigenvalue weighted by Gasteiger charge is 2.12. The lowest BCUT2D eigenvalue weighted by Gasteiger charge is -2.03. The molecular formula is C17H11Cl2NO2S. The van der Waals surface area contributed by atoms with Crippen molar-refractivity contribution in [1.82, 2.24) is 4.98 Å². The molecule has 0 aliphatic rings. The van der Waals surface area contributed by atoms with Crippen LogP contribution in [0.4, 0.5) is 0 Å². The average molecular weight is 364 g/mol. The first kappa shape index (κ1) is 16.0. The van der Waals surface area contributed by atoms with E-state index in [0.717, 1.165) is 27.4 Å². The Morgan fingerprint density at radius 3 is 2.52 bits per heavy atom. The summed E-state index contributed by atoms with van der Waals surface area (Å²) in [6.45, 7) is 1.77. The van der Waals surface area contributed by atoms with Crippen molar-refractivity contribution >= 4 is 40.5 Å². The van der Waals surface area contributed by atoms with Crippen LogP contribution in [0.15, 0.2) is 41.8 Å². The normalized spacial score (nSPS) is 10.7. The molecule has 0 bridgehead atoms. The van der Waals surface area contributed by atoms with Crippen LogP contribution in [0.25, 0.3) is 21.8 Å². The topological polar surface area (TPSA) is 50.2 Å². The van der Waals surface area contributed by atoms with Crippen LogP contribution < -0.4 is 0 Å². The first-order valence-corrected chi connectivity index (χ1v) is 8.34. The number of aryl methyl sites for hydroxylation is 1. The molecule has 116 valence electrons. The van der Waals surface area contributed by atoms with E-state index in [2.05, 4.69) is 4.98 Å². The van der Waals surface area contributed by atoms with Gasteiger partial charge in [0.2, 0.25) is 0 Å². The molecule has 0 fully saturated rings. The largest absolute Gasteiger partial charge is 0.478 e. The molecule has 0 unspecified atom stereocenters. The van der Waals surface area contributed by atoms with Crippen molar-refractivity contribution in [2.24, 2.45) is 0 Å². The van der Waals surface area contributed by atoms with E-state index in [1.165, 1.54) is 11.3 Å². The van der Waals surface area contributed by atoms with Gasteiger partial charge in [0.15, 0.2) is 0 Å². The zero-order valence-electron chi connectivity index (χ0n) is 12.0. The lowest BCUT2D eigenvalue weighted by molar-refractivity contribution is 0.0696. The van der Waals surface area contributed by atoms with Gasteiger partial charge in [-0.1, -0.05) is 41.4 Å². The fourth-order valence-electron chi connectivity index (χ4n) is 2.18. The van der Waals surface area contributed by atoms with E-state index in [1.807, 2.05) is 17.5 Å². The Kier molecular flexibility index (Phi) is 4.39. The molecule has 3 nitrogen and oxygen atoms in total. The molecule has 3 rings (SSSR count). The number of aromatic carboxylic acids is 1. The molecule has 3 aromatic rings. The van der Waals surface area contributed by atoms with E-state index >= 15 is 0 Å². The van der Waals surface area contributed by atoms with Gasteiger partial charge in [-0.15, -0.1) is 11.3 Å². The maximum atomic E-state index is 11.3. The Morgan fingerprint density at radius 2 is 1.83 bits per heavy atom. The maximum Gasteiger partial charge on any atom is 0.335 e. The van der Waals surface area contributed by atoms with Crippen LogP contribution in [0.5, 0.6) is 0 Å². The summed E-state index contributed by atoms with van der Waals surface area (Å²) in [5, 5.41) is 12.9. The lowest BCUT2D eigenvalue weighted by Crippen LogP contribution is -1.99. The van der Waals surface area contributed by atoms with Gasteiger partial charge in [-0.25, -0.2) is 9.78 Å². The minimum atomic E-state index is -0.939. The molecule has 6 heteroatoms. The van der Waals surface area contributed by atoms with Crippen LogP contribution in [0, 0.1) is 6.92 Å². The summed E-state index contributed by atoms with van der Waals surface area (Å²) in [6, 6.07) is 10.7. The number of hydrogen-bond donors (Lipinski definition) is 1. The van der Waals surface area contributed by atoms with Gasteiger partial charge >= 0.3 is 5.97 Å². The lowest BCUT2D eigenvalue weighted by atomic mass is 10.1. The molecule has 1 N–H and O–H groups in total. The van der Waals surface area contributed by atoms with Crippen LogP contribution >= 0.6 is 34.5 Å². The number of nitrogens with zero attached hydrogens (tertiary/aromatic N) is 1. The molecule has 0 spiro atoms. The van der Waals surface area contributed by atoms with Crippen LogP contribution in [0.1, 0.15) is 15.9 Å². The predicted octanol–water partition coefficient (Wildman–Crippen LogP) is 5.79. The Labute approximate surface area is 147 Å². The van der Waals surface area contributed by atoms with Crippen LogP contribution in [-0.2, 0) is 0 Å². The van der Waals surface area contributed by atoms with E-state index in [4.69, 9.17) is 23.2 Å². The molecule has 23 heavy (non-hydrogen) atoms. The molecule has 0 amide bonds. The number of thiazole rings is 1. The van der Waals surface area contributed by atoms with Gasteiger partial charge in [0, 0.05) is 16.5 Å². The van der Waals surface area contributed by atoms with Gasteiger partial charge in [-0.2, -0.15) is 0 Å². The van der Waals surface area contributed by atoms with Gasteiger partial charge in [0.05, 0.1) is 21.3 Å². The highest BCUT2D eigenvalue weighted by atomic mass is 35.5. The number of halogens is 2. The van der Waals surface area contributed by atoms with E-state index < -0.39 is 5.97 Å². The van der Waals surface area contributed by atoms with Crippen molar-refractivity contribution in [2.75, 3.05) is 0 Å². The summed E-state index contributed by atoms with van der Waals surface area (Å²) in [5.74, 6) is -0.939. The zero-order chi connectivity index (χ0) is 16.6. The van der Waals surface area contributed by atoms with E-state index in [9.17, 15) is 9.90 Å². The van der Waals surface area contributed by atoms with Crippen molar-refractivity contribution in [3.63, 3.8) is 0 Å². The fourth-order valence-corrected chi connectivity index (χ4v) is 3.30. The summed E-state index contributed by atoms with van der Waals surface area (Å²) in [5.41, 5.74) is 3.44. The summed E-state index contributed by atoms with van der Waals surface area (Å²) in [6.07, 6.45) is 0. The number of carbonyl (C=O) groups is 1. The Morgan fingerprint density at radius 1 is 1.09 bits per heavy atom. The molecule has 0 atom stereocenters. The molecule has 1 aromatic heterocycles. The van der Waals surface area contributed by atoms with Crippen molar-refractivity contribution in [1.29, 1.82) is 0 Å². The third-order valence-electron chi connectivity index (χ3n) is 3.43. The molecule has 0 aliphatic heterocycles. The minimum absolute atomic E-state index is 0.286. The third kappa shape index (κ3) is 3.24. The van der Waals surface area contributed by atoms with Crippen molar-refractivity contribution in [3.8, 4) is 21.8 Å². The van der Waals surface area contributed by atoms with Gasteiger partial charge in [0.25, 0.3) is 0 Å². The van der Waals surface area contributed by atoms with E-state index in [1.54, 1.807) is 31.2 Å². The summed E-state index contributed by atoms with van der Waals surface area (Å²) in [4.78, 5) is 15.8. The number of hydrogen-bond acceptors (Lipinski definition) is 3. The van der Waals surface area contributed by atoms with Crippen molar-refractivity contribution in [3.05, 3.63) is 63.0 Å². The second-order valence-electron chi connectivity index (χ2n) is 5.00. The molecular weight excluding hydrogens is 353 g/mol. The quantitative estimate of drug-likeness (QED) is 0.640. The smallest absolute Gasteiger partial charge is 0.335 e. The summed E-state index contributed by atoms with van der Waals surface area (Å²) < 4.78 is 0. The van der Waals surface area contributed by atoms with E-state index in [0.29, 0.717) is 10.0 Å². The van der Waals surface area contributed by atoms with E-state index in [-0.39, 0.29) is 5.56 Å². The number of aromatic nitrogens is 1. The molecule has 0 saturated carbocycles. The summed E-state index contributed by atoms with van der Waals surface area (Å²) in [7, 11) is 0. The maximum absolute atomic E-state index is 11.3. The van der Waals surface area contributed by atoms with Gasteiger partial charge in [-0.05, 0) is 30.7 Å². The highest BCUT2D eigenvalue weighted by Crippen LogP contribution is 2.32. The average Bonchev–Trinajstić information content (AvgIpc) is 3.00. The molecule has 1 heterocycles. The minimum Gasteiger partial charge on any atom is -0.478 e. The second-order valence-corrected chi connectivity index (χ2v) is 6.67. The number of carboxylic acids is 1. The SMILES string of the molecule is Cc1ccc(-c2nc(-c3ccc(Cl)c(Cl)c3)cs2)cc1C(=O)O. The molecule has 2 aromatic carbocycles. The first-order valence-electron chi connectivity index (χ1n) is 6.71. The molecule has 0 radical (unpaired) electrons. The van der Waals surface area contributed by atoms with Gasteiger partial charge in [0.1, 0.15) is 5.01 Å². The van der Waals surface area contributed by atoms with Crippen LogP contribution in [-0.4, -0.2) is 16.1 Å². The van der Waals surface area contributed by atoms with Crippen molar-refractivity contribution < 1.29 is 9.90 Å². The van der Waals surface area contributed by atoms with Crippen LogP contribution in [0.2, 0.25) is 10.0 Å². The second kappa shape index (κ2) is 6.32. The number of benzene rings is 2. The zero-order valence-corrected chi connectivity index (χ0v) is 14.3. The fraction of sp³-hybridized carbons (Fsp3) is 0.0588. The summed E-state index contributed by atoms with van der Waals surface area (Å²) >= 11 is 13.4. The number of carboxylic acid groups (broad SMARTS) is 1. The highest BCUT2D eigenvalue weighted by molar-refractivity contribution is 7.13. The Balaban J connectivity index is 2.00. The number of rotatable bonds is 3. The molecule has 0 saturated heterocycles. The molecule has 0 aliphatic carbocycles. The Hall–Kier alpha value is -1.88. The first-order chi connectivity index (χ1) is 11.0. The van der Waals surface area contributed by atoms with Crippen LogP contribution in [0.3, 0.4) is 0 Å². The Bertz CT molecular complexity index is 905. The third-order valence-corrected chi connectivity index (χ3v) is 5.06. The monoisotopic (exact) mass is 363 g/mol. The van der Waals surface area contributed by atoms with Gasteiger partial charge in [-0.3, -0.25) is 0 Å². The standard InChI is InChI=1S/C17H11Cl2NO2S/c1-9-2-3-11(6-12(9)17(21)22)16-20-15(8-23-16)10-4-5-13(18)14(19)7-10/h2-8H,1H3,(H,21,22).